The third-order valence-electron chi connectivity index (χ3n) is 5.48. The van der Waals surface area contributed by atoms with Crippen LogP contribution in [0.1, 0.15) is 32.6 Å². The van der Waals surface area contributed by atoms with Crippen molar-refractivity contribution in [3.63, 3.8) is 0 Å². The Hall–Kier alpha value is -0.460. The maximum atomic E-state index is 5.82. The topological polar surface area (TPSA) is 40.1 Å². The van der Waals surface area contributed by atoms with Crippen molar-refractivity contribution in [3.8, 4) is 0 Å². The van der Waals surface area contributed by atoms with E-state index in [-0.39, 0.29) is 0 Å². The lowest BCUT2D eigenvalue weighted by molar-refractivity contribution is -0.0370. The highest BCUT2D eigenvalue weighted by Gasteiger charge is 2.38. The lowest BCUT2D eigenvalue weighted by atomic mass is 9.76. The van der Waals surface area contributed by atoms with Gasteiger partial charge in [-0.25, -0.2) is 0 Å². The molecule has 6 heteroatoms. The molecule has 0 aromatic rings. The maximum Gasteiger partial charge on any atom is 0.193 e. The van der Waals surface area contributed by atoms with E-state index in [2.05, 4.69) is 33.8 Å². The molecule has 0 aromatic carbocycles. The van der Waals surface area contributed by atoms with E-state index in [1.54, 1.807) is 0 Å². The molecule has 3 aliphatic heterocycles. The average molecular weight is 355 g/mol. The minimum absolute atomic E-state index is 0.372. The Kier molecular flexibility index (Phi) is 7.10. The highest BCUT2D eigenvalue weighted by molar-refractivity contribution is 7.99. The van der Waals surface area contributed by atoms with Gasteiger partial charge in [-0.2, -0.15) is 11.8 Å². The first-order valence-corrected chi connectivity index (χ1v) is 10.9. The zero-order valence-electron chi connectivity index (χ0n) is 15.3. The lowest BCUT2D eigenvalue weighted by Gasteiger charge is -2.45. The first-order valence-electron chi connectivity index (χ1n) is 9.72. The molecule has 5 nitrogen and oxygen atoms in total. The zero-order chi connectivity index (χ0) is 16.7. The summed E-state index contributed by atoms with van der Waals surface area (Å²) in [5.41, 5.74) is 0.372. The van der Waals surface area contributed by atoms with Crippen LogP contribution in [0.4, 0.5) is 0 Å². The SMILES string of the molecule is CCNC(=NCCN1CCSCC1)N1CCCC2(CCCOC2)C1. The van der Waals surface area contributed by atoms with Gasteiger partial charge >= 0.3 is 0 Å². The van der Waals surface area contributed by atoms with Crippen LogP contribution in [-0.4, -0.2) is 86.3 Å². The number of nitrogens with one attached hydrogen (secondary N) is 1. The van der Waals surface area contributed by atoms with Crippen LogP contribution in [0.15, 0.2) is 4.99 Å². The monoisotopic (exact) mass is 354 g/mol. The first kappa shape index (κ1) is 18.3. The summed E-state index contributed by atoms with van der Waals surface area (Å²) < 4.78 is 5.82. The Labute approximate surface area is 151 Å². The van der Waals surface area contributed by atoms with Crippen LogP contribution >= 0.6 is 11.8 Å². The van der Waals surface area contributed by atoms with Gasteiger partial charge in [0.25, 0.3) is 0 Å². The summed E-state index contributed by atoms with van der Waals surface area (Å²) in [6, 6.07) is 0. The van der Waals surface area contributed by atoms with Crippen molar-refractivity contribution in [2.75, 3.05) is 70.5 Å². The Morgan fingerprint density at radius 1 is 1.21 bits per heavy atom. The summed E-state index contributed by atoms with van der Waals surface area (Å²) in [4.78, 5) is 10.00. The van der Waals surface area contributed by atoms with Crippen molar-refractivity contribution in [3.05, 3.63) is 0 Å². The van der Waals surface area contributed by atoms with E-state index >= 15 is 0 Å². The molecule has 1 N–H and O–H groups in total. The van der Waals surface area contributed by atoms with Crippen molar-refractivity contribution in [1.29, 1.82) is 0 Å². The number of likely N-dealkylation sites (tertiary alicyclic amines) is 1. The Balaban J connectivity index is 1.55. The number of rotatable bonds is 4. The fourth-order valence-corrected chi connectivity index (χ4v) is 5.15. The molecule has 0 radical (unpaired) electrons. The van der Waals surface area contributed by atoms with Gasteiger partial charge in [0, 0.05) is 62.8 Å². The van der Waals surface area contributed by atoms with Gasteiger partial charge in [0.1, 0.15) is 0 Å². The standard InChI is InChI=1S/C18H34N4OS/c1-2-19-17(20-7-9-21-10-13-24-14-11-21)22-8-3-5-18(15-22)6-4-12-23-16-18/h2-16H2,1H3,(H,19,20). The van der Waals surface area contributed by atoms with Gasteiger partial charge in [-0.1, -0.05) is 0 Å². The average Bonchev–Trinajstić information content (AvgIpc) is 2.63. The van der Waals surface area contributed by atoms with Crippen LogP contribution in [0.25, 0.3) is 0 Å². The molecular formula is C18H34N4OS. The molecule has 1 unspecified atom stereocenters. The van der Waals surface area contributed by atoms with Gasteiger partial charge < -0.3 is 15.0 Å². The number of ether oxygens (including phenoxy) is 1. The molecule has 1 atom stereocenters. The van der Waals surface area contributed by atoms with Gasteiger partial charge in [-0.15, -0.1) is 0 Å². The van der Waals surface area contributed by atoms with E-state index in [1.165, 1.54) is 50.3 Å². The van der Waals surface area contributed by atoms with E-state index in [1.807, 2.05) is 0 Å². The quantitative estimate of drug-likeness (QED) is 0.617. The Morgan fingerprint density at radius 3 is 2.79 bits per heavy atom. The molecule has 3 fully saturated rings. The predicted molar refractivity (Wildman–Crippen MR) is 103 cm³/mol. The van der Waals surface area contributed by atoms with Crippen molar-refractivity contribution >= 4 is 17.7 Å². The molecule has 3 heterocycles. The number of hydrogen-bond donors (Lipinski definition) is 1. The van der Waals surface area contributed by atoms with Crippen LogP contribution in [0.2, 0.25) is 0 Å². The molecule has 0 saturated carbocycles. The molecule has 0 aromatic heterocycles. The predicted octanol–water partition coefficient (Wildman–Crippen LogP) is 1.89. The zero-order valence-corrected chi connectivity index (χ0v) is 16.1. The second kappa shape index (κ2) is 9.30. The summed E-state index contributed by atoms with van der Waals surface area (Å²) in [6.07, 6.45) is 5.11. The number of aliphatic imine (C=N–C) groups is 1. The van der Waals surface area contributed by atoms with Crippen LogP contribution in [0.5, 0.6) is 0 Å². The number of piperidine rings is 1. The van der Waals surface area contributed by atoms with Crippen LogP contribution in [0.3, 0.4) is 0 Å². The summed E-state index contributed by atoms with van der Waals surface area (Å²) in [6.45, 7) is 11.7. The Morgan fingerprint density at radius 2 is 2.04 bits per heavy atom. The fourth-order valence-electron chi connectivity index (χ4n) is 4.17. The van der Waals surface area contributed by atoms with E-state index in [9.17, 15) is 0 Å². The van der Waals surface area contributed by atoms with Gasteiger partial charge in [0.15, 0.2) is 5.96 Å². The Bertz CT molecular complexity index is 400. The molecule has 0 amide bonds. The molecule has 3 rings (SSSR count). The minimum atomic E-state index is 0.372. The van der Waals surface area contributed by atoms with Crippen molar-refractivity contribution in [2.24, 2.45) is 10.4 Å². The van der Waals surface area contributed by atoms with Crippen molar-refractivity contribution < 1.29 is 4.74 Å². The number of nitrogens with zero attached hydrogens (tertiary/aromatic N) is 3. The summed E-state index contributed by atoms with van der Waals surface area (Å²) in [5.74, 6) is 3.67. The molecule has 138 valence electrons. The third-order valence-corrected chi connectivity index (χ3v) is 6.42. The van der Waals surface area contributed by atoms with E-state index < -0.39 is 0 Å². The van der Waals surface area contributed by atoms with Crippen LogP contribution in [-0.2, 0) is 4.74 Å². The third kappa shape index (κ3) is 5.02. The van der Waals surface area contributed by atoms with E-state index in [0.717, 1.165) is 51.9 Å². The van der Waals surface area contributed by atoms with Crippen molar-refractivity contribution in [1.82, 2.24) is 15.1 Å². The van der Waals surface area contributed by atoms with E-state index in [4.69, 9.17) is 9.73 Å². The molecule has 1 spiro atoms. The highest BCUT2D eigenvalue weighted by atomic mass is 32.2. The van der Waals surface area contributed by atoms with Gasteiger partial charge in [0.2, 0.25) is 0 Å². The summed E-state index contributed by atoms with van der Waals surface area (Å²) in [7, 11) is 0. The second-order valence-electron chi connectivity index (χ2n) is 7.37. The molecule has 3 aliphatic rings. The number of hydrogen-bond acceptors (Lipinski definition) is 4. The summed E-state index contributed by atoms with van der Waals surface area (Å²) >= 11 is 2.07. The number of thioether (sulfide) groups is 1. The summed E-state index contributed by atoms with van der Waals surface area (Å²) in [5, 5.41) is 3.52. The van der Waals surface area contributed by atoms with Crippen LogP contribution in [0, 0.1) is 5.41 Å². The first-order chi connectivity index (χ1) is 11.8. The minimum Gasteiger partial charge on any atom is -0.381 e. The highest BCUT2D eigenvalue weighted by Crippen LogP contribution is 2.37. The fraction of sp³-hybridized carbons (Fsp3) is 0.944. The van der Waals surface area contributed by atoms with Crippen LogP contribution < -0.4 is 5.32 Å². The molecule has 24 heavy (non-hydrogen) atoms. The maximum absolute atomic E-state index is 5.82. The lowest BCUT2D eigenvalue weighted by Crippen LogP contribution is -2.53. The molecule has 0 aliphatic carbocycles. The number of guanidine groups is 1. The van der Waals surface area contributed by atoms with Crippen molar-refractivity contribution in [2.45, 2.75) is 32.6 Å². The van der Waals surface area contributed by atoms with Gasteiger partial charge in [-0.3, -0.25) is 9.89 Å². The van der Waals surface area contributed by atoms with Gasteiger partial charge in [0.05, 0.1) is 13.2 Å². The largest absolute Gasteiger partial charge is 0.381 e. The normalized spacial score (nSPS) is 29.9. The van der Waals surface area contributed by atoms with E-state index in [0.29, 0.717) is 5.41 Å². The molecule has 0 bridgehead atoms. The van der Waals surface area contributed by atoms with Gasteiger partial charge in [-0.05, 0) is 32.6 Å². The molecular weight excluding hydrogens is 320 g/mol. The molecule has 3 saturated heterocycles. The smallest absolute Gasteiger partial charge is 0.193 e. The second-order valence-corrected chi connectivity index (χ2v) is 8.60.